The Hall–Kier alpha value is -1.62. The smallest absolute Gasteiger partial charge is 0.160 e. The lowest BCUT2D eigenvalue weighted by molar-refractivity contribution is 0.541. The maximum absolute atomic E-state index is 6.02. The Morgan fingerprint density at radius 1 is 1.14 bits per heavy atom. The third-order valence-electron chi connectivity index (χ3n) is 3.32. The molecule has 21 heavy (non-hydrogen) atoms. The van der Waals surface area contributed by atoms with Gasteiger partial charge in [0.15, 0.2) is 11.5 Å². The highest BCUT2D eigenvalue weighted by Gasteiger charge is 2.12. The first kappa shape index (κ1) is 14.3. The van der Waals surface area contributed by atoms with Crippen LogP contribution in [0.5, 0.6) is 0 Å². The third kappa shape index (κ3) is 3.02. The van der Waals surface area contributed by atoms with E-state index in [4.69, 9.17) is 23.2 Å². The average Bonchev–Trinajstić information content (AvgIpc) is 2.92. The number of pyridine rings is 1. The molecule has 0 aliphatic carbocycles. The average molecular weight is 321 g/mol. The highest BCUT2D eigenvalue weighted by molar-refractivity contribution is 6.42. The molecule has 0 saturated heterocycles. The zero-order valence-electron chi connectivity index (χ0n) is 11.4. The highest BCUT2D eigenvalue weighted by atomic mass is 35.5. The fourth-order valence-corrected chi connectivity index (χ4v) is 2.49. The molecule has 0 aliphatic heterocycles. The van der Waals surface area contributed by atoms with Crippen LogP contribution in [-0.2, 0) is 6.54 Å². The minimum atomic E-state index is 0.0665. The second kappa shape index (κ2) is 6.02. The summed E-state index contributed by atoms with van der Waals surface area (Å²) < 4.78 is 1.98. The van der Waals surface area contributed by atoms with Crippen molar-refractivity contribution in [3.63, 3.8) is 0 Å². The molecule has 2 heterocycles. The van der Waals surface area contributed by atoms with Gasteiger partial charge in [-0.2, -0.15) is 0 Å². The Balaban J connectivity index is 1.74. The van der Waals surface area contributed by atoms with Gasteiger partial charge < -0.3 is 5.32 Å². The van der Waals surface area contributed by atoms with Gasteiger partial charge in [-0.3, -0.25) is 4.40 Å². The van der Waals surface area contributed by atoms with Crippen molar-refractivity contribution in [2.75, 3.05) is 0 Å². The Morgan fingerprint density at radius 2 is 2.00 bits per heavy atom. The summed E-state index contributed by atoms with van der Waals surface area (Å²) in [5, 5.41) is 12.9. The van der Waals surface area contributed by atoms with Gasteiger partial charge in [0.1, 0.15) is 0 Å². The number of hydrogen-bond acceptors (Lipinski definition) is 3. The van der Waals surface area contributed by atoms with E-state index < -0.39 is 0 Å². The largest absolute Gasteiger partial charge is 0.303 e. The van der Waals surface area contributed by atoms with Crippen LogP contribution in [0.15, 0.2) is 42.6 Å². The summed E-state index contributed by atoms with van der Waals surface area (Å²) in [7, 11) is 0. The van der Waals surface area contributed by atoms with Crippen molar-refractivity contribution >= 4 is 28.8 Å². The van der Waals surface area contributed by atoms with Crippen LogP contribution in [0.1, 0.15) is 24.4 Å². The van der Waals surface area contributed by atoms with E-state index in [0.29, 0.717) is 16.6 Å². The molecule has 1 N–H and O–H groups in total. The molecule has 2 aromatic heterocycles. The standard InChI is InChI=1S/C15H14Cl2N4/c1-10(15-20-19-14-4-2-3-7-21(14)15)18-9-11-5-6-12(16)13(17)8-11/h2-8,10,18H,9H2,1H3. The van der Waals surface area contributed by atoms with Gasteiger partial charge in [0.25, 0.3) is 0 Å². The number of nitrogens with one attached hydrogen (secondary N) is 1. The van der Waals surface area contributed by atoms with E-state index in [-0.39, 0.29) is 6.04 Å². The quantitative estimate of drug-likeness (QED) is 0.793. The topological polar surface area (TPSA) is 42.2 Å². The monoisotopic (exact) mass is 320 g/mol. The molecule has 1 aromatic carbocycles. The molecule has 1 atom stereocenters. The van der Waals surface area contributed by atoms with Crippen LogP contribution < -0.4 is 5.32 Å². The number of benzene rings is 1. The maximum atomic E-state index is 6.02. The van der Waals surface area contributed by atoms with Crippen molar-refractivity contribution in [1.82, 2.24) is 19.9 Å². The molecule has 1 unspecified atom stereocenters. The second-order valence-electron chi connectivity index (χ2n) is 4.84. The van der Waals surface area contributed by atoms with Crippen LogP contribution >= 0.6 is 23.2 Å². The predicted molar refractivity (Wildman–Crippen MR) is 84.7 cm³/mol. The summed E-state index contributed by atoms with van der Waals surface area (Å²) in [6.07, 6.45) is 1.96. The lowest BCUT2D eigenvalue weighted by Crippen LogP contribution is -2.20. The first-order valence-corrected chi connectivity index (χ1v) is 7.38. The zero-order chi connectivity index (χ0) is 14.8. The van der Waals surface area contributed by atoms with Gasteiger partial charge in [-0.05, 0) is 36.8 Å². The van der Waals surface area contributed by atoms with E-state index in [9.17, 15) is 0 Å². The summed E-state index contributed by atoms with van der Waals surface area (Å²) in [6.45, 7) is 2.74. The molecule has 0 fully saturated rings. The zero-order valence-corrected chi connectivity index (χ0v) is 12.9. The summed E-state index contributed by atoms with van der Waals surface area (Å²) in [5.74, 6) is 0.880. The second-order valence-corrected chi connectivity index (χ2v) is 5.65. The first-order valence-electron chi connectivity index (χ1n) is 6.62. The van der Waals surface area contributed by atoms with Gasteiger partial charge in [0.05, 0.1) is 16.1 Å². The Morgan fingerprint density at radius 3 is 2.81 bits per heavy atom. The van der Waals surface area contributed by atoms with Gasteiger partial charge >= 0.3 is 0 Å². The molecule has 0 radical (unpaired) electrons. The van der Waals surface area contributed by atoms with Crippen molar-refractivity contribution in [3.05, 3.63) is 64.0 Å². The predicted octanol–water partition coefficient (Wildman–Crippen LogP) is 3.89. The molecular formula is C15H14Cl2N4. The van der Waals surface area contributed by atoms with E-state index >= 15 is 0 Å². The molecular weight excluding hydrogens is 307 g/mol. The summed E-state index contributed by atoms with van der Waals surface area (Å²) in [6, 6.07) is 11.5. The fourth-order valence-electron chi connectivity index (χ4n) is 2.17. The van der Waals surface area contributed by atoms with Crippen molar-refractivity contribution < 1.29 is 0 Å². The molecule has 0 amide bonds. The summed E-state index contributed by atoms with van der Waals surface area (Å²) >= 11 is 11.9. The summed E-state index contributed by atoms with van der Waals surface area (Å²) in [4.78, 5) is 0. The van der Waals surface area contributed by atoms with Crippen LogP contribution in [-0.4, -0.2) is 14.6 Å². The third-order valence-corrected chi connectivity index (χ3v) is 4.06. The number of aromatic nitrogens is 3. The minimum absolute atomic E-state index is 0.0665. The SMILES string of the molecule is CC(NCc1ccc(Cl)c(Cl)c1)c1nnc2ccccn12. The maximum Gasteiger partial charge on any atom is 0.160 e. The van der Waals surface area contributed by atoms with E-state index in [1.165, 1.54) is 0 Å². The van der Waals surface area contributed by atoms with Crippen molar-refractivity contribution in [3.8, 4) is 0 Å². The molecule has 108 valence electrons. The molecule has 0 saturated carbocycles. The molecule has 4 nitrogen and oxygen atoms in total. The van der Waals surface area contributed by atoms with Crippen molar-refractivity contribution in [2.24, 2.45) is 0 Å². The van der Waals surface area contributed by atoms with Crippen LogP contribution in [0.2, 0.25) is 10.0 Å². The first-order chi connectivity index (χ1) is 10.1. The van der Waals surface area contributed by atoms with E-state index in [2.05, 4.69) is 22.4 Å². The Bertz CT molecular complexity index is 769. The van der Waals surface area contributed by atoms with Crippen molar-refractivity contribution in [1.29, 1.82) is 0 Å². The molecule has 3 aromatic rings. The molecule has 0 bridgehead atoms. The summed E-state index contributed by atoms with van der Waals surface area (Å²) in [5.41, 5.74) is 1.92. The van der Waals surface area contributed by atoms with Crippen molar-refractivity contribution in [2.45, 2.75) is 19.5 Å². The lowest BCUT2D eigenvalue weighted by atomic mass is 10.2. The molecule has 3 rings (SSSR count). The van der Waals surface area contributed by atoms with Crippen LogP contribution in [0.3, 0.4) is 0 Å². The van der Waals surface area contributed by atoms with E-state index in [0.717, 1.165) is 17.0 Å². The Labute approximate surface area is 132 Å². The number of hydrogen-bond donors (Lipinski definition) is 1. The van der Waals surface area contributed by atoms with Gasteiger partial charge in [-0.25, -0.2) is 0 Å². The number of rotatable bonds is 4. The van der Waals surface area contributed by atoms with E-state index in [1.54, 1.807) is 6.07 Å². The molecule has 0 aliphatic rings. The fraction of sp³-hybridized carbons (Fsp3) is 0.200. The van der Waals surface area contributed by atoms with Crippen LogP contribution in [0.4, 0.5) is 0 Å². The Kier molecular flexibility index (Phi) is 4.10. The highest BCUT2D eigenvalue weighted by Crippen LogP contribution is 2.23. The van der Waals surface area contributed by atoms with Gasteiger partial charge in [0, 0.05) is 12.7 Å². The van der Waals surface area contributed by atoms with E-state index in [1.807, 2.05) is 40.9 Å². The van der Waals surface area contributed by atoms with Gasteiger partial charge in [-0.1, -0.05) is 35.3 Å². The number of halogens is 2. The van der Waals surface area contributed by atoms with Crippen LogP contribution in [0, 0.1) is 0 Å². The number of nitrogens with zero attached hydrogens (tertiary/aromatic N) is 3. The molecule has 0 spiro atoms. The normalized spacial score (nSPS) is 12.7. The minimum Gasteiger partial charge on any atom is -0.303 e. The van der Waals surface area contributed by atoms with Crippen LogP contribution in [0.25, 0.3) is 5.65 Å². The molecule has 6 heteroatoms. The lowest BCUT2D eigenvalue weighted by Gasteiger charge is -2.12. The van der Waals surface area contributed by atoms with Gasteiger partial charge in [0.2, 0.25) is 0 Å². The number of fused-ring (bicyclic) bond motifs is 1. The van der Waals surface area contributed by atoms with Gasteiger partial charge in [-0.15, -0.1) is 10.2 Å².